The summed E-state index contributed by atoms with van der Waals surface area (Å²) >= 11 is 0. The number of benzene rings is 1. The number of rotatable bonds is 2. The molecule has 1 heterocycles. The molecular formula is C12H18N2. The molecule has 1 aromatic carbocycles. The Labute approximate surface area is 85.7 Å². The fourth-order valence-electron chi connectivity index (χ4n) is 2.30. The molecule has 0 aliphatic carbocycles. The Morgan fingerprint density at radius 3 is 3.07 bits per heavy atom. The van der Waals surface area contributed by atoms with Crippen molar-refractivity contribution in [2.45, 2.75) is 32.2 Å². The molecule has 2 N–H and O–H groups in total. The number of nitrogens with zero attached hydrogens (tertiary/aromatic N) is 1. The quantitative estimate of drug-likeness (QED) is 0.726. The predicted molar refractivity (Wildman–Crippen MR) is 61.5 cm³/mol. The SMILES string of the molecule is CCC1CCCN1c1cccc(N)c1. The molecule has 0 radical (unpaired) electrons. The van der Waals surface area contributed by atoms with Gasteiger partial charge in [-0.3, -0.25) is 0 Å². The van der Waals surface area contributed by atoms with E-state index in [1.165, 1.54) is 31.5 Å². The van der Waals surface area contributed by atoms with E-state index in [1.54, 1.807) is 0 Å². The van der Waals surface area contributed by atoms with Gasteiger partial charge in [0.15, 0.2) is 0 Å². The molecule has 0 aromatic heterocycles. The standard InChI is InChI=1S/C12H18N2/c1-2-11-7-4-8-14(11)12-6-3-5-10(13)9-12/h3,5-6,9,11H,2,4,7-8,13H2,1H3. The molecular weight excluding hydrogens is 172 g/mol. The molecule has 1 unspecified atom stereocenters. The van der Waals surface area contributed by atoms with Gasteiger partial charge in [-0.05, 0) is 37.5 Å². The molecule has 14 heavy (non-hydrogen) atoms. The normalized spacial score (nSPS) is 21.5. The molecule has 0 spiro atoms. The van der Waals surface area contributed by atoms with Crippen molar-refractivity contribution in [1.82, 2.24) is 0 Å². The predicted octanol–water partition coefficient (Wildman–Crippen LogP) is 2.65. The topological polar surface area (TPSA) is 29.3 Å². The van der Waals surface area contributed by atoms with Gasteiger partial charge >= 0.3 is 0 Å². The minimum Gasteiger partial charge on any atom is -0.399 e. The third kappa shape index (κ3) is 1.69. The molecule has 1 saturated heterocycles. The molecule has 1 aliphatic heterocycles. The van der Waals surface area contributed by atoms with Crippen LogP contribution in [0.1, 0.15) is 26.2 Å². The Balaban J connectivity index is 2.21. The lowest BCUT2D eigenvalue weighted by molar-refractivity contribution is 0.645. The summed E-state index contributed by atoms with van der Waals surface area (Å²) in [4.78, 5) is 2.48. The Bertz CT molecular complexity index is 309. The van der Waals surface area contributed by atoms with Gasteiger partial charge in [0.25, 0.3) is 0 Å². The highest BCUT2D eigenvalue weighted by Gasteiger charge is 2.22. The van der Waals surface area contributed by atoms with Crippen molar-refractivity contribution in [2.24, 2.45) is 0 Å². The first-order valence-corrected chi connectivity index (χ1v) is 5.43. The summed E-state index contributed by atoms with van der Waals surface area (Å²) in [6.07, 6.45) is 3.87. The highest BCUT2D eigenvalue weighted by Crippen LogP contribution is 2.28. The smallest absolute Gasteiger partial charge is 0.0389 e. The van der Waals surface area contributed by atoms with Crippen molar-refractivity contribution in [3.8, 4) is 0 Å². The lowest BCUT2D eigenvalue weighted by Gasteiger charge is -2.26. The van der Waals surface area contributed by atoms with Crippen LogP contribution < -0.4 is 10.6 Å². The van der Waals surface area contributed by atoms with Gasteiger partial charge in [0.2, 0.25) is 0 Å². The summed E-state index contributed by atoms with van der Waals surface area (Å²) in [7, 11) is 0. The summed E-state index contributed by atoms with van der Waals surface area (Å²) in [6, 6.07) is 8.94. The first kappa shape index (κ1) is 9.38. The van der Waals surface area contributed by atoms with E-state index in [2.05, 4.69) is 24.0 Å². The first-order chi connectivity index (χ1) is 6.81. The van der Waals surface area contributed by atoms with E-state index in [0.717, 1.165) is 11.7 Å². The average Bonchev–Trinajstić information content (AvgIpc) is 2.65. The second-order valence-electron chi connectivity index (χ2n) is 3.99. The maximum atomic E-state index is 5.79. The van der Waals surface area contributed by atoms with E-state index in [9.17, 15) is 0 Å². The van der Waals surface area contributed by atoms with Gasteiger partial charge in [-0.1, -0.05) is 13.0 Å². The second-order valence-corrected chi connectivity index (χ2v) is 3.99. The van der Waals surface area contributed by atoms with Crippen LogP contribution in [0.5, 0.6) is 0 Å². The molecule has 1 atom stereocenters. The van der Waals surface area contributed by atoms with Gasteiger partial charge in [0.1, 0.15) is 0 Å². The highest BCUT2D eigenvalue weighted by molar-refractivity contribution is 5.56. The Kier molecular flexibility index (Phi) is 2.62. The minimum atomic E-state index is 0.719. The van der Waals surface area contributed by atoms with Crippen molar-refractivity contribution in [2.75, 3.05) is 17.2 Å². The number of anilines is 2. The monoisotopic (exact) mass is 190 g/mol. The van der Waals surface area contributed by atoms with Crippen molar-refractivity contribution in [1.29, 1.82) is 0 Å². The van der Waals surface area contributed by atoms with Crippen LogP contribution >= 0.6 is 0 Å². The number of nitrogens with two attached hydrogens (primary N) is 1. The number of hydrogen-bond acceptors (Lipinski definition) is 2. The maximum Gasteiger partial charge on any atom is 0.0389 e. The Morgan fingerprint density at radius 1 is 1.50 bits per heavy atom. The van der Waals surface area contributed by atoms with Gasteiger partial charge in [0, 0.05) is 24.0 Å². The van der Waals surface area contributed by atoms with Crippen LogP contribution in [0.25, 0.3) is 0 Å². The van der Waals surface area contributed by atoms with Gasteiger partial charge in [0.05, 0.1) is 0 Å². The molecule has 1 fully saturated rings. The molecule has 2 heteroatoms. The Morgan fingerprint density at radius 2 is 2.36 bits per heavy atom. The summed E-state index contributed by atoms with van der Waals surface area (Å²) in [5.74, 6) is 0. The molecule has 2 nitrogen and oxygen atoms in total. The third-order valence-electron chi connectivity index (χ3n) is 3.05. The van der Waals surface area contributed by atoms with Crippen LogP contribution in [0.4, 0.5) is 11.4 Å². The fourth-order valence-corrected chi connectivity index (χ4v) is 2.30. The van der Waals surface area contributed by atoms with Crippen LogP contribution in [0.2, 0.25) is 0 Å². The maximum absolute atomic E-state index is 5.79. The van der Waals surface area contributed by atoms with Crippen LogP contribution in [0, 0.1) is 0 Å². The van der Waals surface area contributed by atoms with Crippen molar-refractivity contribution >= 4 is 11.4 Å². The van der Waals surface area contributed by atoms with E-state index in [0.29, 0.717) is 0 Å². The minimum absolute atomic E-state index is 0.719. The molecule has 0 amide bonds. The molecule has 1 aliphatic rings. The van der Waals surface area contributed by atoms with E-state index in [4.69, 9.17) is 5.73 Å². The van der Waals surface area contributed by atoms with Crippen molar-refractivity contribution < 1.29 is 0 Å². The lowest BCUT2D eigenvalue weighted by Crippen LogP contribution is -2.28. The van der Waals surface area contributed by atoms with Gasteiger partial charge in [-0.25, -0.2) is 0 Å². The zero-order valence-electron chi connectivity index (χ0n) is 8.74. The van der Waals surface area contributed by atoms with Crippen LogP contribution in [-0.2, 0) is 0 Å². The molecule has 1 aromatic rings. The Hall–Kier alpha value is -1.18. The molecule has 76 valence electrons. The lowest BCUT2D eigenvalue weighted by atomic mass is 10.1. The van der Waals surface area contributed by atoms with Gasteiger partial charge in [-0.2, -0.15) is 0 Å². The molecule has 0 bridgehead atoms. The van der Waals surface area contributed by atoms with E-state index >= 15 is 0 Å². The van der Waals surface area contributed by atoms with Gasteiger partial charge < -0.3 is 10.6 Å². The zero-order chi connectivity index (χ0) is 9.97. The second kappa shape index (κ2) is 3.91. The molecule has 0 saturated carbocycles. The summed E-state index contributed by atoms with van der Waals surface area (Å²) in [5.41, 5.74) is 7.94. The van der Waals surface area contributed by atoms with Crippen LogP contribution in [0.15, 0.2) is 24.3 Å². The van der Waals surface area contributed by atoms with E-state index in [-0.39, 0.29) is 0 Å². The summed E-state index contributed by atoms with van der Waals surface area (Å²) in [5, 5.41) is 0. The number of hydrogen-bond donors (Lipinski definition) is 1. The van der Waals surface area contributed by atoms with Crippen molar-refractivity contribution in [3.05, 3.63) is 24.3 Å². The van der Waals surface area contributed by atoms with Crippen molar-refractivity contribution in [3.63, 3.8) is 0 Å². The largest absolute Gasteiger partial charge is 0.399 e. The van der Waals surface area contributed by atoms with E-state index in [1.807, 2.05) is 12.1 Å². The van der Waals surface area contributed by atoms with Crippen LogP contribution in [-0.4, -0.2) is 12.6 Å². The zero-order valence-corrected chi connectivity index (χ0v) is 8.74. The summed E-state index contributed by atoms with van der Waals surface area (Å²) < 4.78 is 0. The van der Waals surface area contributed by atoms with Gasteiger partial charge in [-0.15, -0.1) is 0 Å². The first-order valence-electron chi connectivity index (χ1n) is 5.43. The van der Waals surface area contributed by atoms with E-state index < -0.39 is 0 Å². The van der Waals surface area contributed by atoms with Crippen LogP contribution in [0.3, 0.4) is 0 Å². The fraction of sp³-hybridized carbons (Fsp3) is 0.500. The molecule has 2 rings (SSSR count). The third-order valence-corrected chi connectivity index (χ3v) is 3.05. The number of nitrogen functional groups attached to an aromatic ring is 1. The summed E-state index contributed by atoms with van der Waals surface area (Å²) in [6.45, 7) is 3.44. The highest BCUT2D eigenvalue weighted by atomic mass is 15.2. The average molecular weight is 190 g/mol.